The number of anilines is 2. The van der Waals surface area contributed by atoms with Crippen LogP contribution >= 0.6 is 11.6 Å². The molecule has 0 radical (unpaired) electrons. The summed E-state index contributed by atoms with van der Waals surface area (Å²) < 4.78 is 5.25. The molecule has 1 aromatic heterocycles. The van der Waals surface area contributed by atoms with Gasteiger partial charge in [0.2, 0.25) is 0 Å². The first-order valence-electron chi connectivity index (χ1n) is 5.18. The quantitative estimate of drug-likeness (QED) is 0.823. The number of aryl methyl sites for hydroxylation is 1. The number of para-hydroxylation sites is 1. The highest BCUT2D eigenvalue weighted by molar-refractivity contribution is 6.16. The molecule has 0 saturated carbocycles. The van der Waals surface area contributed by atoms with E-state index in [0.717, 1.165) is 17.8 Å². The Morgan fingerprint density at radius 1 is 1.38 bits per heavy atom. The summed E-state index contributed by atoms with van der Waals surface area (Å²) in [4.78, 5) is 4.19. The second-order valence-electron chi connectivity index (χ2n) is 3.41. The van der Waals surface area contributed by atoms with Crippen LogP contribution in [0, 0.1) is 0 Å². The highest BCUT2D eigenvalue weighted by Gasteiger charge is 2.05. The Morgan fingerprint density at radius 2 is 2.19 bits per heavy atom. The van der Waals surface area contributed by atoms with Crippen LogP contribution in [0.2, 0.25) is 0 Å². The van der Waals surface area contributed by atoms with E-state index in [9.17, 15) is 0 Å². The zero-order valence-corrected chi connectivity index (χ0v) is 9.79. The highest BCUT2D eigenvalue weighted by atomic mass is 35.5. The molecule has 16 heavy (non-hydrogen) atoms. The summed E-state index contributed by atoms with van der Waals surface area (Å²) in [5.41, 5.74) is 2.99. The molecule has 0 spiro atoms. The third kappa shape index (κ3) is 2.36. The van der Waals surface area contributed by atoms with Crippen molar-refractivity contribution in [3.05, 3.63) is 41.8 Å². The van der Waals surface area contributed by atoms with Crippen molar-refractivity contribution >= 4 is 23.3 Å². The standard InChI is InChI=1S/C12H13ClN2O/c1-2-9-5-3-4-6-11(9)15-12-14-10(7-13)8-16-12/h3-6,8H,2,7H2,1H3,(H,14,15). The summed E-state index contributed by atoms with van der Waals surface area (Å²) >= 11 is 5.65. The molecule has 0 atom stereocenters. The topological polar surface area (TPSA) is 38.1 Å². The maximum absolute atomic E-state index is 5.65. The van der Waals surface area contributed by atoms with E-state index in [0.29, 0.717) is 11.9 Å². The van der Waals surface area contributed by atoms with Crippen LogP contribution in [-0.2, 0) is 12.3 Å². The molecule has 0 aliphatic carbocycles. The maximum atomic E-state index is 5.65. The van der Waals surface area contributed by atoms with Crippen LogP contribution in [0.5, 0.6) is 0 Å². The molecule has 0 bridgehead atoms. The molecule has 2 aromatic rings. The van der Waals surface area contributed by atoms with Crippen LogP contribution in [0.15, 0.2) is 34.9 Å². The van der Waals surface area contributed by atoms with Gasteiger partial charge in [0.1, 0.15) is 6.26 Å². The zero-order chi connectivity index (χ0) is 11.4. The average molecular weight is 237 g/mol. The fraction of sp³-hybridized carbons (Fsp3) is 0.250. The number of nitrogens with one attached hydrogen (secondary N) is 1. The molecule has 1 N–H and O–H groups in total. The summed E-state index contributed by atoms with van der Waals surface area (Å²) in [5, 5.41) is 3.14. The molecule has 0 fully saturated rings. The molecule has 84 valence electrons. The number of rotatable bonds is 4. The van der Waals surface area contributed by atoms with Gasteiger partial charge < -0.3 is 9.73 Å². The summed E-state index contributed by atoms with van der Waals surface area (Å²) in [5.74, 6) is 0.362. The number of hydrogen-bond acceptors (Lipinski definition) is 3. The van der Waals surface area contributed by atoms with Crippen LogP contribution in [-0.4, -0.2) is 4.98 Å². The lowest BCUT2D eigenvalue weighted by Gasteiger charge is -2.06. The molecule has 0 aliphatic rings. The largest absolute Gasteiger partial charge is 0.432 e. The molecule has 1 aromatic carbocycles. The van der Waals surface area contributed by atoms with Crippen molar-refractivity contribution in [1.82, 2.24) is 4.98 Å². The Morgan fingerprint density at radius 3 is 2.88 bits per heavy atom. The van der Waals surface area contributed by atoms with Crippen molar-refractivity contribution in [3.63, 3.8) is 0 Å². The fourth-order valence-corrected chi connectivity index (χ4v) is 1.61. The normalized spacial score (nSPS) is 10.4. The first-order valence-corrected chi connectivity index (χ1v) is 5.72. The number of oxazole rings is 1. The number of halogens is 1. The van der Waals surface area contributed by atoms with Gasteiger partial charge in [-0.25, -0.2) is 0 Å². The Bertz CT molecular complexity index is 468. The minimum atomic E-state index is 0.362. The van der Waals surface area contributed by atoms with Crippen molar-refractivity contribution in [3.8, 4) is 0 Å². The predicted octanol–water partition coefficient (Wildman–Crippen LogP) is 3.72. The molecule has 3 nitrogen and oxygen atoms in total. The van der Waals surface area contributed by atoms with E-state index in [2.05, 4.69) is 23.3 Å². The Balaban J connectivity index is 2.19. The van der Waals surface area contributed by atoms with Gasteiger partial charge >= 0.3 is 0 Å². The Kier molecular flexibility index (Phi) is 3.47. The molecule has 0 unspecified atom stereocenters. The zero-order valence-electron chi connectivity index (χ0n) is 9.03. The van der Waals surface area contributed by atoms with Crippen molar-refractivity contribution in [2.75, 3.05) is 5.32 Å². The predicted molar refractivity (Wildman–Crippen MR) is 65.2 cm³/mol. The molecule has 2 rings (SSSR count). The molecular weight excluding hydrogens is 224 g/mol. The summed E-state index contributed by atoms with van der Waals surface area (Å²) in [6.07, 6.45) is 2.52. The van der Waals surface area contributed by atoms with Crippen molar-refractivity contribution in [2.45, 2.75) is 19.2 Å². The lowest BCUT2D eigenvalue weighted by atomic mass is 10.1. The Labute approximate surface area is 99.5 Å². The van der Waals surface area contributed by atoms with E-state index in [-0.39, 0.29) is 0 Å². The summed E-state index contributed by atoms with van der Waals surface area (Å²) in [6.45, 7) is 2.11. The number of aromatic nitrogens is 1. The second kappa shape index (κ2) is 5.03. The van der Waals surface area contributed by atoms with Crippen LogP contribution in [0.25, 0.3) is 0 Å². The number of alkyl halides is 1. The van der Waals surface area contributed by atoms with Gasteiger partial charge in [-0.1, -0.05) is 25.1 Å². The van der Waals surface area contributed by atoms with Gasteiger partial charge in [-0.05, 0) is 18.1 Å². The third-order valence-electron chi connectivity index (χ3n) is 2.33. The number of nitrogens with zero attached hydrogens (tertiary/aromatic N) is 1. The minimum Gasteiger partial charge on any atom is -0.432 e. The van der Waals surface area contributed by atoms with Crippen LogP contribution in [0.3, 0.4) is 0 Å². The fourth-order valence-electron chi connectivity index (χ4n) is 1.49. The highest BCUT2D eigenvalue weighted by Crippen LogP contribution is 2.21. The van der Waals surface area contributed by atoms with E-state index < -0.39 is 0 Å². The van der Waals surface area contributed by atoms with Gasteiger partial charge in [0.05, 0.1) is 11.6 Å². The van der Waals surface area contributed by atoms with E-state index in [1.165, 1.54) is 5.56 Å². The lowest BCUT2D eigenvalue weighted by molar-refractivity contribution is 0.576. The Hall–Kier alpha value is -1.48. The van der Waals surface area contributed by atoms with Crippen molar-refractivity contribution in [2.24, 2.45) is 0 Å². The van der Waals surface area contributed by atoms with Crippen molar-refractivity contribution in [1.29, 1.82) is 0 Å². The summed E-state index contributed by atoms with van der Waals surface area (Å²) in [6, 6.07) is 8.56. The van der Waals surface area contributed by atoms with Gasteiger partial charge in [-0.2, -0.15) is 4.98 Å². The van der Waals surface area contributed by atoms with E-state index >= 15 is 0 Å². The van der Waals surface area contributed by atoms with Gasteiger partial charge in [-0.3, -0.25) is 0 Å². The van der Waals surface area contributed by atoms with Gasteiger partial charge in [0.15, 0.2) is 0 Å². The third-order valence-corrected chi connectivity index (χ3v) is 2.60. The van der Waals surface area contributed by atoms with Gasteiger partial charge in [-0.15, -0.1) is 11.6 Å². The molecule has 0 amide bonds. The van der Waals surface area contributed by atoms with E-state index in [4.69, 9.17) is 16.0 Å². The first-order chi connectivity index (χ1) is 7.83. The molecule has 0 aliphatic heterocycles. The maximum Gasteiger partial charge on any atom is 0.299 e. The number of hydrogen-bond donors (Lipinski definition) is 1. The lowest BCUT2D eigenvalue weighted by Crippen LogP contribution is -1.95. The monoisotopic (exact) mass is 236 g/mol. The van der Waals surface area contributed by atoms with E-state index in [1.807, 2.05) is 18.2 Å². The minimum absolute atomic E-state index is 0.362. The van der Waals surface area contributed by atoms with Gasteiger partial charge in [0.25, 0.3) is 6.01 Å². The molecule has 0 saturated heterocycles. The van der Waals surface area contributed by atoms with Gasteiger partial charge in [0, 0.05) is 5.69 Å². The summed E-state index contributed by atoms with van der Waals surface area (Å²) in [7, 11) is 0. The first kappa shape index (κ1) is 11.0. The SMILES string of the molecule is CCc1ccccc1Nc1nc(CCl)co1. The second-order valence-corrected chi connectivity index (χ2v) is 3.68. The van der Waals surface area contributed by atoms with Crippen molar-refractivity contribution < 1.29 is 4.42 Å². The van der Waals surface area contributed by atoms with Crippen LogP contribution < -0.4 is 5.32 Å². The van der Waals surface area contributed by atoms with Crippen LogP contribution in [0.1, 0.15) is 18.2 Å². The van der Waals surface area contributed by atoms with E-state index in [1.54, 1.807) is 6.26 Å². The van der Waals surface area contributed by atoms with Crippen LogP contribution in [0.4, 0.5) is 11.7 Å². The average Bonchev–Trinajstić information content (AvgIpc) is 2.77. The number of benzene rings is 1. The molecular formula is C12H13ClN2O. The molecule has 1 heterocycles. The smallest absolute Gasteiger partial charge is 0.299 e. The molecule has 4 heteroatoms.